The lowest BCUT2D eigenvalue weighted by Crippen LogP contribution is -2.67. The van der Waals surface area contributed by atoms with Crippen molar-refractivity contribution in [3.63, 3.8) is 0 Å². The monoisotopic (exact) mass is 600 g/mol. The summed E-state index contributed by atoms with van der Waals surface area (Å²) in [6.45, 7) is 23.3. The van der Waals surface area contributed by atoms with Gasteiger partial charge in [0.1, 0.15) is 20.7 Å². The molecule has 182 valence electrons. The highest BCUT2D eigenvalue weighted by Gasteiger charge is 2.52. The third-order valence-electron chi connectivity index (χ3n) is 4.55. The number of rotatable bonds is 10. The summed E-state index contributed by atoms with van der Waals surface area (Å²) in [6.07, 6.45) is 0.347. The van der Waals surface area contributed by atoms with Crippen molar-refractivity contribution < 1.29 is 18.7 Å². The van der Waals surface area contributed by atoms with Crippen molar-refractivity contribution in [1.82, 2.24) is 15.0 Å². The zero-order valence-electron chi connectivity index (χ0n) is 21.0. The van der Waals surface area contributed by atoms with Crippen LogP contribution in [0.3, 0.4) is 0 Å². The van der Waals surface area contributed by atoms with Crippen molar-refractivity contribution in [3.8, 4) is 0 Å². The van der Waals surface area contributed by atoms with E-state index < -0.39 is 22.6 Å². The molecule has 0 rings (SSSR count). The summed E-state index contributed by atoms with van der Waals surface area (Å²) in [6, 6.07) is 0. The summed E-state index contributed by atoms with van der Waals surface area (Å²) in [7, 11) is 6.99. The lowest BCUT2D eigenvalue weighted by Gasteiger charge is -2.60. The van der Waals surface area contributed by atoms with Crippen molar-refractivity contribution in [2.45, 2.75) is 111 Å². The number of halogens is 1. The molecule has 4 atom stereocenters. The maximum absolute atomic E-state index is 13.1. The van der Waals surface area contributed by atoms with E-state index in [0.29, 0.717) is 6.37 Å². The van der Waals surface area contributed by atoms with Gasteiger partial charge < -0.3 is 10.3 Å². The first-order valence-corrected chi connectivity index (χ1v) is 14.9. The van der Waals surface area contributed by atoms with E-state index in [1.165, 1.54) is 5.23 Å². The van der Waals surface area contributed by atoms with Crippen LogP contribution in [0.1, 0.15) is 83.1 Å². The summed E-state index contributed by atoms with van der Waals surface area (Å²) in [5.41, 5.74) is -3.45. The molecular weight excluding hydrogens is 556 g/mol. The highest BCUT2D eigenvalue weighted by Crippen LogP contribution is 2.52. The molecule has 0 N–H and O–H groups in total. The van der Waals surface area contributed by atoms with E-state index >= 15 is 0 Å². The molecule has 4 unspecified atom stereocenters. The normalized spacial score (nSPS) is 17.6. The molecule has 0 aromatic heterocycles. The Morgan fingerprint density at radius 3 is 1.63 bits per heavy atom. The van der Waals surface area contributed by atoms with Gasteiger partial charge >= 0.3 is 0 Å². The van der Waals surface area contributed by atoms with Crippen molar-refractivity contribution in [3.05, 3.63) is 5.21 Å². The molecule has 0 spiro atoms. The topological polar surface area (TPSA) is 60.5 Å². The Morgan fingerprint density at radius 2 is 1.33 bits per heavy atom. The Labute approximate surface area is 203 Å². The molecule has 0 fully saturated rings. The molecular formula is C18H44IN4O4P3. The minimum absolute atomic E-state index is 0.142. The van der Waals surface area contributed by atoms with Crippen LogP contribution in [0.15, 0.2) is 0 Å². The lowest BCUT2D eigenvalue weighted by molar-refractivity contribution is -0.979. The van der Waals surface area contributed by atoms with E-state index in [-0.39, 0.29) is 9.79 Å². The van der Waals surface area contributed by atoms with Crippen LogP contribution in [-0.4, -0.2) is 54.4 Å². The van der Waals surface area contributed by atoms with Gasteiger partial charge in [-0.3, -0.25) is 4.84 Å². The Hall–Kier alpha value is 1.70. The fraction of sp³-hybridized carbons (Fsp3) is 1.00. The Morgan fingerprint density at radius 1 is 0.900 bits per heavy atom. The Kier molecular flexibility index (Phi) is 11.1. The fourth-order valence-electron chi connectivity index (χ4n) is 2.97. The van der Waals surface area contributed by atoms with Crippen LogP contribution in [0.25, 0.3) is 0 Å². The molecule has 0 aromatic rings. The predicted octanol–water partition coefficient (Wildman–Crippen LogP) is 5.96. The van der Waals surface area contributed by atoms with E-state index in [4.69, 9.17) is 14.5 Å². The first-order valence-electron chi connectivity index (χ1n) is 9.82. The van der Waals surface area contributed by atoms with Gasteiger partial charge in [-0.25, -0.2) is 9.51 Å². The molecule has 8 nitrogen and oxygen atoms in total. The van der Waals surface area contributed by atoms with Crippen LogP contribution in [0.5, 0.6) is 0 Å². The summed E-state index contributed by atoms with van der Waals surface area (Å²) >= 11 is 2.31. The minimum atomic E-state index is -0.865. The third kappa shape index (κ3) is 7.61. The van der Waals surface area contributed by atoms with Crippen LogP contribution < -0.4 is 0 Å². The van der Waals surface area contributed by atoms with Crippen LogP contribution >= 0.6 is 47.2 Å². The van der Waals surface area contributed by atoms with Gasteiger partial charge in [0.2, 0.25) is 5.72 Å². The predicted molar refractivity (Wildman–Crippen MR) is 142 cm³/mol. The smallest absolute Gasteiger partial charge is 0.250 e. The van der Waals surface area contributed by atoms with Crippen molar-refractivity contribution in [1.29, 1.82) is 0 Å². The molecule has 0 amide bonds. The standard InChI is InChI=1S/C18H44IN4O4P3/c1-14(2,3)20(24)16(7,8)21(28)17(9,10)22(25-13)26-18(11,12)23(29,30-19)27-15(4,5)6/h30H,28-29H2,1-13H3. The van der Waals surface area contributed by atoms with Crippen LogP contribution in [0.2, 0.25) is 0 Å². The van der Waals surface area contributed by atoms with Gasteiger partial charge in [0.15, 0.2) is 6.37 Å². The number of quaternary nitrogens is 1. The van der Waals surface area contributed by atoms with Gasteiger partial charge in [0.25, 0.3) is 0 Å². The highest BCUT2D eigenvalue weighted by molar-refractivity contribution is 14.2. The molecule has 0 saturated heterocycles. The van der Waals surface area contributed by atoms with Gasteiger partial charge in [-0.05, 0) is 74.5 Å². The van der Waals surface area contributed by atoms with Gasteiger partial charge in [-0.1, -0.05) is 9.39 Å². The maximum Gasteiger partial charge on any atom is 0.250 e. The van der Waals surface area contributed by atoms with Gasteiger partial charge in [0.05, 0.1) is 12.8 Å². The van der Waals surface area contributed by atoms with Gasteiger partial charge in [0, 0.05) is 41.4 Å². The first-order chi connectivity index (χ1) is 13.0. The SMILES string of the molecule is CON(OC(C)(C)[N+](P)(OC(C)(C)C)PI)C(C)(C)N(P)C(C)(C)N([O-])C(C)(C)C. The largest absolute Gasteiger partial charge is 0.783 e. The zero-order chi connectivity index (χ0) is 24.6. The summed E-state index contributed by atoms with van der Waals surface area (Å²) in [4.78, 5) is 18.4. The first kappa shape index (κ1) is 31.7. The number of hydrogen-bond donors (Lipinski definition) is 0. The van der Waals surface area contributed by atoms with E-state index in [2.05, 4.69) is 40.8 Å². The summed E-state index contributed by atoms with van der Waals surface area (Å²) in [5.74, 6) is 0. The fourth-order valence-corrected chi connectivity index (χ4v) is 6.13. The van der Waals surface area contributed by atoms with Crippen LogP contribution in [-0.2, 0) is 14.5 Å². The number of hydrogen-bond acceptors (Lipinski definition) is 7. The molecule has 0 heterocycles. The second kappa shape index (κ2) is 10.5. The van der Waals surface area contributed by atoms with Crippen molar-refractivity contribution in [2.24, 2.45) is 0 Å². The molecule has 30 heavy (non-hydrogen) atoms. The van der Waals surface area contributed by atoms with Crippen LogP contribution in [0, 0.1) is 5.21 Å². The molecule has 0 aromatic carbocycles. The Bertz CT molecular complexity index is 571. The summed E-state index contributed by atoms with van der Waals surface area (Å²) < 4.78 is 2.01. The minimum Gasteiger partial charge on any atom is -0.783 e. The van der Waals surface area contributed by atoms with E-state index in [9.17, 15) is 5.21 Å². The second-order valence-electron chi connectivity index (χ2n) is 10.7. The van der Waals surface area contributed by atoms with Crippen molar-refractivity contribution >= 4 is 47.2 Å². The molecule has 0 saturated carbocycles. The second-order valence-corrected chi connectivity index (χ2v) is 14.8. The van der Waals surface area contributed by atoms with E-state index in [1.54, 1.807) is 7.11 Å². The quantitative estimate of drug-likeness (QED) is 0.133. The number of nitrogens with zero attached hydrogens (tertiary/aromatic N) is 4. The van der Waals surface area contributed by atoms with Crippen molar-refractivity contribution in [2.75, 3.05) is 7.11 Å². The average Bonchev–Trinajstić information content (AvgIpc) is 2.55. The molecule has 12 heteroatoms. The van der Waals surface area contributed by atoms with E-state index in [1.807, 2.05) is 87.8 Å². The van der Waals surface area contributed by atoms with Gasteiger partial charge in [-0.15, -0.1) is 4.19 Å². The molecule has 0 aliphatic carbocycles. The number of hydroxylamine groups is 5. The average molecular weight is 600 g/mol. The third-order valence-corrected chi connectivity index (χ3v) is 11.5. The Balaban J connectivity index is 5.96. The summed E-state index contributed by atoms with van der Waals surface area (Å²) in [5, 5.41) is 15.6. The molecule has 0 aliphatic heterocycles. The maximum atomic E-state index is 13.1. The van der Waals surface area contributed by atoms with Crippen LogP contribution in [0.4, 0.5) is 0 Å². The molecule has 0 radical (unpaired) electrons. The highest BCUT2D eigenvalue weighted by atomic mass is 127. The molecule has 0 aliphatic rings. The van der Waals surface area contributed by atoms with Gasteiger partial charge in [-0.2, -0.15) is 4.84 Å². The molecule has 0 bridgehead atoms. The zero-order valence-corrected chi connectivity index (χ0v) is 26.4. The van der Waals surface area contributed by atoms with E-state index in [0.717, 1.165) is 5.06 Å². The lowest BCUT2D eigenvalue weighted by atomic mass is 10.0.